The Labute approximate surface area is 115 Å². The predicted molar refractivity (Wildman–Crippen MR) is 74.2 cm³/mol. The van der Waals surface area contributed by atoms with E-state index in [9.17, 15) is 8.42 Å². The first-order valence-electron chi connectivity index (χ1n) is 6.52. The summed E-state index contributed by atoms with van der Waals surface area (Å²) in [6, 6.07) is 2.15. The number of aryl methyl sites for hydroxylation is 1. The van der Waals surface area contributed by atoms with Gasteiger partial charge < -0.3 is 9.84 Å². The minimum Gasteiger partial charge on any atom is -0.361 e. The molecule has 1 aromatic heterocycles. The first-order chi connectivity index (χ1) is 8.89. The van der Waals surface area contributed by atoms with E-state index in [1.54, 1.807) is 13.0 Å². The second kappa shape index (κ2) is 7.62. The first kappa shape index (κ1) is 16.1. The van der Waals surface area contributed by atoms with E-state index in [2.05, 4.69) is 29.0 Å². The molecule has 6 nitrogen and oxygen atoms in total. The fourth-order valence-corrected chi connectivity index (χ4v) is 2.66. The summed E-state index contributed by atoms with van der Waals surface area (Å²) in [5.41, 5.74) is 0.600. The summed E-state index contributed by atoms with van der Waals surface area (Å²) in [6.45, 7) is 6.93. The van der Waals surface area contributed by atoms with Gasteiger partial charge in [0.2, 0.25) is 10.0 Å². The maximum Gasteiger partial charge on any atom is 0.211 e. The first-order valence-corrected chi connectivity index (χ1v) is 8.17. The van der Waals surface area contributed by atoms with Gasteiger partial charge in [0.1, 0.15) is 5.76 Å². The standard InChI is InChI=1S/C12H23N3O3S/c1-10(2)13-6-4-5-7-19(16,17)14-9-12-8-11(3)18-15-12/h8,10,13-14H,4-7,9H2,1-3H3. The zero-order valence-corrected chi connectivity index (χ0v) is 12.6. The van der Waals surface area contributed by atoms with Gasteiger partial charge in [0.25, 0.3) is 0 Å². The van der Waals surface area contributed by atoms with Gasteiger partial charge in [-0.25, -0.2) is 13.1 Å². The van der Waals surface area contributed by atoms with Gasteiger partial charge in [0.05, 0.1) is 18.0 Å². The molecular formula is C12H23N3O3S. The molecule has 0 fully saturated rings. The molecular weight excluding hydrogens is 266 g/mol. The van der Waals surface area contributed by atoms with E-state index in [0.717, 1.165) is 13.0 Å². The third-order valence-electron chi connectivity index (χ3n) is 2.54. The average Bonchev–Trinajstić information content (AvgIpc) is 2.72. The largest absolute Gasteiger partial charge is 0.361 e. The van der Waals surface area contributed by atoms with Crippen molar-refractivity contribution in [2.24, 2.45) is 0 Å². The van der Waals surface area contributed by atoms with Crippen molar-refractivity contribution in [1.82, 2.24) is 15.2 Å². The quantitative estimate of drug-likeness (QED) is 0.667. The highest BCUT2D eigenvalue weighted by Crippen LogP contribution is 2.02. The average molecular weight is 289 g/mol. The monoisotopic (exact) mass is 289 g/mol. The Morgan fingerprint density at radius 2 is 2.11 bits per heavy atom. The third-order valence-corrected chi connectivity index (χ3v) is 3.95. The molecule has 0 aliphatic carbocycles. The lowest BCUT2D eigenvalue weighted by molar-refractivity contribution is 0.390. The SMILES string of the molecule is Cc1cc(CNS(=O)(=O)CCCCNC(C)C)no1. The van der Waals surface area contributed by atoms with Crippen molar-refractivity contribution in [3.63, 3.8) is 0 Å². The maximum absolute atomic E-state index is 11.7. The van der Waals surface area contributed by atoms with Crippen molar-refractivity contribution in [2.45, 2.75) is 46.2 Å². The van der Waals surface area contributed by atoms with Gasteiger partial charge in [-0.1, -0.05) is 19.0 Å². The smallest absolute Gasteiger partial charge is 0.211 e. The van der Waals surface area contributed by atoms with Crippen LogP contribution in [0.1, 0.15) is 38.1 Å². The van der Waals surface area contributed by atoms with Crippen molar-refractivity contribution in [1.29, 1.82) is 0 Å². The number of nitrogens with zero attached hydrogens (tertiary/aromatic N) is 1. The summed E-state index contributed by atoms with van der Waals surface area (Å²) in [7, 11) is -3.23. The molecule has 0 spiro atoms. The molecule has 7 heteroatoms. The molecule has 0 radical (unpaired) electrons. The van der Waals surface area contributed by atoms with Gasteiger partial charge in [0.15, 0.2) is 0 Å². The lowest BCUT2D eigenvalue weighted by atomic mass is 10.3. The molecule has 0 bridgehead atoms. The van der Waals surface area contributed by atoms with Crippen molar-refractivity contribution < 1.29 is 12.9 Å². The summed E-state index contributed by atoms with van der Waals surface area (Å²) in [6.07, 6.45) is 1.50. The molecule has 110 valence electrons. The Hall–Kier alpha value is -0.920. The minimum absolute atomic E-state index is 0.142. The Balaban J connectivity index is 2.21. The van der Waals surface area contributed by atoms with Gasteiger partial charge in [-0.15, -0.1) is 0 Å². The molecule has 0 aliphatic rings. The highest BCUT2D eigenvalue weighted by Gasteiger charge is 2.11. The van der Waals surface area contributed by atoms with E-state index in [4.69, 9.17) is 4.52 Å². The predicted octanol–water partition coefficient (Wildman–Crippen LogP) is 1.18. The number of unbranched alkanes of at least 4 members (excludes halogenated alkanes) is 1. The fourth-order valence-electron chi connectivity index (χ4n) is 1.57. The minimum atomic E-state index is -3.23. The van der Waals surface area contributed by atoms with Crippen LogP contribution in [0.25, 0.3) is 0 Å². The molecule has 2 N–H and O–H groups in total. The number of nitrogens with one attached hydrogen (secondary N) is 2. The lowest BCUT2D eigenvalue weighted by Crippen LogP contribution is -2.27. The van der Waals surface area contributed by atoms with Gasteiger partial charge >= 0.3 is 0 Å². The zero-order valence-electron chi connectivity index (χ0n) is 11.8. The van der Waals surface area contributed by atoms with E-state index in [0.29, 0.717) is 23.9 Å². The van der Waals surface area contributed by atoms with Crippen LogP contribution >= 0.6 is 0 Å². The second-order valence-corrected chi connectivity index (χ2v) is 6.81. The highest BCUT2D eigenvalue weighted by atomic mass is 32.2. The number of hydrogen-bond donors (Lipinski definition) is 2. The summed E-state index contributed by atoms with van der Waals surface area (Å²) >= 11 is 0. The second-order valence-electron chi connectivity index (χ2n) is 4.88. The van der Waals surface area contributed by atoms with Crippen LogP contribution in [-0.2, 0) is 16.6 Å². The zero-order chi connectivity index (χ0) is 14.3. The maximum atomic E-state index is 11.7. The van der Waals surface area contributed by atoms with Crippen LogP contribution in [0.3, 0.4) is 0 Å². The molecule has 19 heavy (non-hydrogen) atoms. The van der Waals surface area contributed by atoms with Crippen LogP contribution < -0.4 is 10.0 Å². The normalized spacial score (nSPS) is 12.2. The fraction of sp³-hybridized carbons (Fsp3) is 0.750. The van der Waals surface area contributed by atoms with Gasteiger partial charge in [0, 0.05) is 12.1 Å². The molecule has 0 aliphatic heterocycles. The molecule has 1 aromatic rings. The van der Waals surface area contributed by atoms with Crippen molar-refractivity contribution in [3.05, 3.63) is 17.5 Å². The Kier molecular flexibility index (Phi) is 6.47. The summed E-state index contributed by atoms with van der Waals surface area (Å²) < 4.78 is 30.8. The van der Waals surface area contributed by atoms with E-state index >= 15 is 0 Å². The summed E-state index contributed by atoms with van der Waals surface area (Å²) in [4.78, 5) is 0. The molecule has 0 saturated heterocycles. The van der Waals surface area contributed by atoms with Crippen molar-refractivity contribution in [3.8, 4) is 0 Å². The number of aromatic nitrogens is 1. The molecule has 0 unspecified atom stereocenters. The summed E-state index contributed by atoms with van der Waals surface area (Å²) in [5, 5.41) is 6.99. The molecule has 0 aromatic carbocycles. The lowest BCUT2D eigenvalue weighted by Gasteiger charge is -2.08. The Morgan fingerprint density at radius 1 is 1.37 bits per heavy atom. The van der Waals surface area contributed by atoms with Crippen molar-refractivity contribution >= 4 is 10.0 Å². The van der Waals surface area contributed by atoms with Gasteiger partial charge in [-0.05, 0) is 26.3 Å². The molecule has 0 saturated carbocycles. The molecule has 0 amide bonds. The summed E-state index contributed by atoms with van der Waals surface area (Å²) in [5.74, 6) is 0.817. The highest BCUT2D eigenvalue weighted by molar-refractivity contribution is 7.89. The van der Waals surface area contributed by atoms with Crippen LogP contribution in [0.5, 0.6) is 0 Å². The van der Waals surface area contributed by atoms with Crippen LogP contribution in [0.2, 0.25) is 0 Å². The van der Waals surface area contributed by atoms with Crippen molar-refractivity contribution in [2.75, 3.05) is 12.3 Å². The topological polar surface area (TPSA) is 84.2 Å². The van der Waals surface area contributed by atoms with Crippen LogP contribution in [0.15, 0.2) is 10.6 Å². The Morgan fingerprint density at radius 3 is 2.68 bits per heavy atom. The van der Waals surface area contributed by atoms with E-state index < -0.39 is 10.0 Å². The number of hydrogen-bond acceptors (Lipinski definition) is 5. The van der Waals surface area contributed by atoms with Crippen LogP contribution in [0.4, 0.5) is 0 Å². The molecule has 1 rings (SSSR count). The number of rotatable bonds is 9. The van der Waals surface area contributed by atoms with E-state index in [1.165, 1.54) is 0 Å². The molecule has 1 heterocycles. The third kappa shape index (κ3) is 7.29. The number of sulfonamides is 1. The van der Waals surface area contributed by atoms with Crippen LogP contribution in [-0.4, -0.2) is 31.9 Å². The van der Waals surface area contributed by atoms with Gasteiger partial charge in [-0.2, -0.15) is 0 Å². The Bertz CT molecular complexity index is 468. The van der Waals surface area contributed by atoms with Crippen LogP contribution in [0, 0.1) is 6.92 Å². The van der Waals surface area contributed by atoms with Gasteiger partial charge in [-0.3, -0.25) is 0 Å². The molecule has 0 atom stereocenters. The van der Waals surface area contributed by atoms with E-state index in [1.807, 2.05) is 0 Å². The van der Waals surface area contributed by atoms with E-state index in [-0.39, 0.29) is 12.3 Å².